The highest BCUT2D eigenvalue weighted by molar-refractivity contribution is 6.21. The van der Waals surface area contributed by atoms with Gasteiger partial charge in [-0.1, -0.05) is 129 Å². The highest BCUT2D eigenvalue weighted by atomic mass is 15.2. The van der Waals surface area contributed by atoms with Crippen molar-refractivity contribution in [2.45, 2.75) is 19.3 Å². The number of nitrogens with zero attached hydrogens (tertiary/aromatic N) is 4. The molecule has 4 nitrogen and oxygen atoms in total. The molecule has 0 spiro atoms. The monoisotopic (exact) mass is 702 g/mol. The van der Waals surface area contributed by atoms with E-state index < -0.39 is 0 Å². The molecule has 0 N–H and O–H groups in total. The second-order valence-corrected chi connectivity index (χ2v) is 15.5. The Morgan fingerprint density at radius 1 is 0.436 bits per heavy atom. The van der Waals surface area contributed by atoms with Crippen LogP contribution in [0.1, 0.15) is 25.0 Å². The second-order valence-electron chi connectivity index (χ2n) is 15.5. The van der Waals surface area contributed by atoms with Gasteiger partial charge in [-0.3, -0.25) is 4.57 Å². The SMILES string of the molecule is CC1(C)c2ccccc2-c2ccc(-c3cccc(-c4ccnc(-n5c6ccccc6c6cc7c8ccccc8c8cc9ccccc9n8c7cc65)n4)c3)cc21. The summed E-state index contributed by atoms with van der Waals surface area (Å²) in [5.41, 5.74) is 15.4. The van der Waals surface area contributed by atoms with Gasteiger partial charge in [0.1, 0.15) is 0 Å². The van der Waals surface area contributed by atoms with E-state index in [-0.39, 0.29) is 5.41 Å². The molecule has 0 saturated carbocycles. The summed E-state index contributed by atoms with van der Waals surface area (Å²) in [4.78, 5) is 10.2. The van der Waals surface area contributed by atoms with Crippen LogP contribution in [0.2, 0.25) is 0 Å². The zero-order chi connectivity index (χ0) is 36.4. The predicted molar refractivity (Wildman–Crippen MR) is 228 cm³/mol. The van der Waals surface area contributed by atoms with Crippen molar-refractivity contribution in [1.82, 2.24) is 18.9 Å². The van der Waals surface area contributed by atoms with Crippen LogP contribution < -0.4 is 0 Å². The van der Waals surface area contributed by atoms with Crippen molar-refractivity contribution in [1.29, 1.82) is 0 Å². The van der Waals surface area contributed by atoms with Gasteiger partial charge in [0.2, 0.25) is 5.95 Å². The van der Waals surface area contributed by atoms with E-state index in [2.05, 4.69) is 181 Å². The molecule has 0 saturated heterocycles. The lowest BCUT2D eigenvalue weighted by atomic mass is 9.81. The molecule has 1 aliphatic rings. The van der Waals surface area contributed by atoms with Crippen molar-refractivity contribution in [3.8, 4) is 39.5 Å². The van der Waals surface area contributed by atoms with Crippen LogP contribution in [-0.4, -0.2) is 18.9 Å². The first kappa shape index (κ1) is 30.4. The highest BCUT2D eigenvalue weighted by Gasteiger charge is 2.35. The van der Waals surface area contributed by atoms with E-state index in [1.54, 1.807) is 0 Å². The number of pyridine rings is 1. The van der Waals surface area contributed by atoms with E-state index in [9.17, 15) is 0 Å². The number of hydrogen-bond donors (Lipinski definition) is 0. The standard InChI is InChI=1S/C51H34N4/c1-51(2)42-19-8-6-16-36(42)37-23-22-32(27-43(37)51)31-13-11-14-33(26-31)44-24-25-52-50(53-44)55-46-21-10-7-18-39(46)41-29-40-35-15-4-5-17-38(35)47-28-34-12-3-9-20-45(34)54(47)48(40)30-49(41)55/h3-30H,1-2H3. The minimum atomic E-state index is -0.0535. The van der Waals surface area contributed by atoms with Crippen molar-refractivity contribution in [2.75, 3.05) is 0 Å². The van der Waals surface area contributed by atoms with Gasteiger partial charge in [0.05, 0.1) is 33.3 Å². The normalized spacial score (nSPS) is 13.4. The minimum absolute atomic E-state index is 0.0535. The van der Waals surface area contributed by atoms with E-state index in [1.807, 2.05) is 12.3 Å². The van der Waals surface area contributed by atoms with Crippen LogP contribution >= 0.6 is 0 Å². The first-order chi connectivity index (χ1) is 27.0. The van der Waals surface area contributed by atoms with Crippen molar-refractivity contribution in [2.24, 2.45) is 0 Å². The molecule has 0 amide bonds. The first-order valence-corrected chi connectivity index (χ1v) is 19.0. The molecule has 0 radical (unpaired) electrons. The fourth-order valence-electron chi connectivity index (χ4n) is 9.53. The topological polar surface area (TPSA) is 35.1 Å². The van der Waals surface area contributed by atoms with Crippen LogP contribution in [0.4, 0.5) is 0 Å². The molecule has 258 valence electrons. The highest BCUT2D eigenvalue weighted by Crippen LogP contribution is 2.49. The summed E-state index contributed by atoms with van der Waals surface area (Å²) < 4.78 is 4.67. The van der Waals surface area contributed by atoms with Crippen LogP contribution in [-0.2, 0) is 5.41 Å². The maximum atomic E-state index is 5.31. The van der Waals surface area contributed by atoms with Crippen molar-refractivity contribution < 1.29 is 0 Å². The predicted octanol–water partition coefficient (Wildman–Crippen LogP) is 12.9. The van der Waals surface area contributed by atoms with Gasteiger partial charge in [-0.25, -0.2) is 9.97 Å². The molecule has 0 fully saturated rings. The molecular formula is C51H34N4. The second kappa shape index (κ2) is 11.0. The molecule has 4 heterocycles. The quantitative estimate of drug-likeness (QED) is 0.172. The summed E-state index contributed by atoms with van der Waals surface area (Å²) in [6, 6.07) is 59.7. The first-order valence-electron chi connectivity index (χ1n) is 19.0. The molecule has 4 aromatic heterocycles. The van der Waals surface area contributed by atoms with Gasteiger partial charge >= 0.3 is 0 Å². The lowest BCUT2D eigenvalue weighted by Gasteiger charge is -2.22. The Kier molecular flexibility index (Phi) is 6.09. The molecule has 0 atom stereocenters. The summed E-state index contributed by atoms with van der Waals surface area (Å²) >= 11 is 0. The summed E-state index contributed by atoms with van der Waals surface area (Å²) in [6.45, 7) is 4.67. The Bertz CT molecular complexity index is 3420. The van der Waals surface area contributed by atoms with E-state index >= 15 is 0 Å². The molecule has 55 heavy (non-hydrogen) atoms. The summed E-state index contributed by atoms with van der Waals surface area (Å²) in [5, 5.41) is 7.32. The third-order valence-electron chi connectivity index (χ3n) is 12.2. The maximum Gasteiger partial charge on any atom is 0.235 e. The summed E-state index contributed by atoms with van der Waals surface area (Å²) in [6.07, 6.45) is 1.90. The van der Waals surface area contributed by atoms with Crippen LogP contribution in [0, 0.1) is 0 Å². The fourth-order valence-corrected chi connectivity index (χ4v) is 9.53. The van der Waals surface area contributed by atoms with Gasteiger partial charge in [-0.2, -0.15) is 0 Å². The zero-order valence-corrected chi connectivity index (χ0v) is 30.5. The van der Waals surface area contributed by atoms with E-state index in [1.165, 1.54) is 76.7 Å². The van der Waals surface area contributed by atoms with E-state index in [4.69, 9.17) is 9.97 Å². The molecule has 4 heteroatoms. The molecule has 7 aromatic carbocycles. The van der Waals surface area contributed by atoms with Crippen LogP contribution in [0.5, 0.6) is 0 Å². The number of rotatable bonds is 3. The number of benzene rings is 7. The van der Waals surface area contributed by atoms with Crippen LogP contribution in [0.3, 0.4) is 0 Å². The summed E-state index contributed by atoms with van der Waals surface area (Å²) in [5.74, 6) is 0.653. The smallest absolute Gasteiger partial charge is 0.235 e. The molecule has 0 aliphatic heterocycles. The number of aromatic nitrogens is 4. The fraction of sp³-hybridized carbons (Fsp3) is 0.0588. The van der Waals surface area contributed by atoms with Crippen LogP contribution in [0.25, 0.3) is 99.4 Å². The molecule has 1 aliphatic carbocycles. The number of para-hydroxylation sites is 2. The number of hydrogen-bond acceptors (Lipinski definition) is 2. The average Bonchev–Trinajstić information content (AvgIpc) is 3.86. The third-order valence-corrected chi connectivity index (χ3v) is 12.2. The van der Waals surface area contributed by atoms with Gasteiger partial charge in [-0.15, -0.1) is 0 Å². The average molecular weight is 703 g/mol. The zero-order valence-electron chi connectivity index (χ0n) is 30.5. The van der Waals surface area contributed by atoms with Crippen molar-refractivity contribution >= 4 is 59.9 Å². The van der Waals surface area contributed by atoms with Gasteiger partial charge in [0.15, 0.2) is 0 Å². The lowest BCUT2D eigenvalue weighted by molar-refractivity contribution is 0.660. The van der Waals surface area contributed by atoms with Gasteiger partial charge in [0.25, 0.3) is 0 Å². The Morgan fingerprint density at radius 3 is 2.00 bits per heavy atom. The minimum Gasteiger partial charge on any atom is -0.309 e. The molecule has 12 rings (SSSR count). The molecule has 0 unspecified atom stereocenters. The van der Waals surface area contributed by atoms with E-state index in [0.29, 0.717) is 5.95 Å². The molecule has 0 bridgehead atoms. The number of fused-ring (bicyclic) bond motifs is 14. The Hall–Kier alpha value is -7.04. The molecular weight excluding hydrogens is 669 g/mol. The van der Waals surface area contributed by atoms with Gasteiger partial charge in [-0.05, 0) is 87.3 Å². The van der Waals surface area contributed by atoms with E-state index in [0.717, 1.165) is 27.8 Å². The molecule has 11 aromatic rings. The van der Waals surface area contributed by atoms with Crippen molar-refractivity contribution in [3.63, 3.8) is 0 Å². The Morgan fingerprint density at radius 2 is 1.11 bits per heavy atom. The van der Waals surface area contributed by atoms with Crippen molar-refractivity contribution in [3.05, 3.63) is 181 Å². The summed E-state index contributed by atoms with van der Waals surface area (Å²) in [7, 11) is 0. The Balaban J connectivity index is 1.04. The largest absolute Gasteiger partial charge is 0.309 e. The van der Waals surface area contributed by atoms with Gasteiger partial charge in [0, 0.05) is 44.1 Å². The Labute approximate surface area is 317 Å². The third kappa shape index (κ3) is 4.22. The van der Waals surface area contributed by atoms with Crippen LogP contribution in [0.15, 0.2) is 170 Å². The van der Waals surface area contributed by atoms with Gasteiger partial charge < -0.3 is 4.40 Å². The lowest BCUT2D eigenvalue weighted by Crippen LogP contribution is -2.14. The maximum absolute atomic E-state index is 5.31.